The monoisotopic (exact) mass is 452 g/mol. The summed E-state index contributed by atoms with van der Waals surface area (Å²) in [7, 11) is 0. The average molecular weight is 453 g/mol. The SMILES string of the molecule is O=C(O)CC1CCC(OC(=O)N2CCc3cc(NC(=O)Nc4ccccn4)ccc3C2)CC1. The van der Waals surface area contributed by atoms with Crippen molar-refractivity contribution in [3.8, 4) is 0 Å². The molecule has 0 saturated heterocycles. The van der Waals surface area contributed by atoms with E-state index in [4.69, 9.17) is 9.84 Å². The highest BCUT2D eigenvalue weighted by Crippen LogP contribution is 2.30. The van der Waals surface area contributed by atoms with Gasteiger partial charge in [-0.15, -0.1) is 0 Å². The highest BCUT2D eigenvalue weighted by molar-refractivity contribution is 5.99. The van der Waals surface area contributed by atoms with Crippen LogP contribution in [0.5, 0.6) is 0 Å². The summed E-state index contributed by atoms with van der Waals surface area (Å²) >= 11 is 0. The number of nitrogens with one attached hydrogen (secondary N) is 2. The Kier molecular flexibility index (Phi) is 7.07. The molecule has 1 aliphatic heterocycles. The first-order chi connectivity index (χ1) is 16.0. The topological polar surface area (TPSA) is 121 Å². The predicted octanol–water partition coefficient (Wildman–Crippen LogP) is 4.25. The largest absolute Gasteiger partial charge is 0.481 e. The molecule has 174 valence electrons. The molecule has 2 aliphatic rings. The van der Waals surface area contributed by atoms with E-state index >= 15 is 0 Å². The summed E-state index contributed by atoms with van der Waals surface area (Å²) in [5.41, 5.74) is 2.79. The molecule has 1 aromatic carbocycles. The standard InChI is InChI=1S/C24H28N4O5/c29-22(30)13-16-4-8-20(9-5-16)33-24(32)28-12-10-17-14-19(7-6-18(17)15-28)26-23(31)27-21-3-1-2-11-25-21/h1-3,6-7,11,14,16,20H,4-5,8-10,12-13,15H2,(H,29,30)(H2,25,26,27,31). The van der Waals surface area contributed by atoms with Gasteiger partial charge in [-0.1, -0.05) is 12.1 Å². The van der Waals surface area contributed by atoms with Crippen molar-refractivity contribution in [3.63, 3.8) is 0 Å². The zero-order valence-electron chi connectivity index (χ0n) is 18.3. The van der Waals surface area contributed by atoms with Crippen molar-refractivity contribution in [2.45, 2.75) is 51.2 Å². The molecular weight excluding hydrogens is 424 g/mol. The van der Waals surface area contributed by atoms with E-state index in [9.17, 15) is 14.4 Å². The molecule has 1 fully saturated rings. The van der Waals surface area contributed by atoms with Crippen molar-refractivity contribution in [2.75, 3.05) is 17.2 Å². The van der Waals surface area contributed by atoms with Crippen molar-refractivity contribution in [3.05, 3.63) is 53.7 Å². The molecule has 0 radical (unpaired) electrons. The Hall–Kier alpha value is -3.62. The van der Waals surface area contributed by atoms with Crippen LogP contribution < -0.4 is 10.6 Å². The number of anilines is 2. The van der Waals surface area contributed by atoms with Gasteiger partial charge in [-0.2, -0.15) is 0 Å². The number of rotatable bonds is 5. The number of fused-ring (bicyclic) bond motifs is 1. The van der Waals surface area contributed by atoms with Gasteiger partial charge in [0.1, 0.15) is 11.9 Å². The van der Waals surface area contributed by atoms with Gasteiger partial charge in [0.25, 0.3) is 0 Å². The zero-order chi connectivity index (χ0) is 23.2. The van der Waals surface area contributed by atoms with Gasteiger partial charge in [0.05, 0.1) is 0 Å². The highest BCUT2D eigenvalue weighted by Gasteiger charge is 2.28. The van der Waals surface area contributed by atoms with Crippen LogP contribution >= 0.6 is 0 Å². The molecule has 4 rings (SSSR count). The van der Waals surface area contributed by atoms with Crippen LogP contribution in [0.25, 0.3) is 0 Å². The Labute approximate surface area is 192 Å². The van der Waals surface area contributed by atoms with Gasteiger partial charge in [0, 0.05) is 31.4 Å². The fourth-order valence-electron chi connectivity index (χ4n) is 4.42. The molecule has 33 heavy (non-hydrogen) atoms. The third-order valence-corrected chi connectivity index (χ3v) is 6.17. The number of urea groups is 1. The van der Waals surface area contributed by atoms with Crippen molar-refractivity contribution >= 4 is 29.6 Å². The van der Waals surface area contributed by atoms with Crippen LogP contribution in [0.1, 0.15) is 43.2 Å². The molecule has 0 atom stereocenters. The van der Waals surface area contributed by atoms with Gasteiger partial charge in [-0.25, -0.2) is 14.6 Å². The fourth-order valence-corrected chi connectivity index (χ4v) is 4.42. The third-order valence-electron chi connectivity index (χ3n) is 6.17. The van der Waals surface area contributed by atoms with Crippen LogP contribution in [0.2, 0.25) is 0 Å². The van der Waals surface area contributed by atoms with Gasteiger partial charge in [-0.3, -0.25) is 10.1 Å². The van der Waals surface area contributed by atoms with Crippen LogP contribution in [-0.2, 0) is 22.5 Å². The van der Waals surface area contributed by atoms with Gasteiger partial charge in [-0.05, 0) is 73.4 Å². The molecular formula is C24H28N4O5. The van der Waals surface area contributed by atoms with Crippen molar-refractivity contribution in [1.29, 1.82) is 0 Å². The Morgan fingerprint density at radius 1 is 1.06 bits per heavy atom. The lowest BCUT2D eigenvalue weighted by Crippen LogP contribution is -2.39. The van der Waals surface area contributed by atoms with E-state index in [2.05, 4.69) is 15.6 Å². The smallest absolute Gasteiger partial charge is 0.410 e. The second kappa shape index (κ2) is 10.3. The van der Waals surface area contributed by atoms with Gasteiger partial charge >= 0.3 is 18.1 Å². The molecule has 1 aliphatic carbocycles. The number of pyridine rings is 1. The summed E-state index contributed by atoms with van der Waals surface area (Å²) in [6.07, 6.45) is 4.97. The first kappa shape index (κ1) is 22.6. The number of carbonyl (C=O) groups is 3. The molecule has 0 spiro atoms. The maximum absolute atomic E-state index is 12.7. The second-order valence-corrected chi connectivity index (χ2v) is 8.57. The van der Waals surface area contributed by atoms with Crippen molar-refractivity contribution in [1.82, 2.24) is 9.88 Å². The maximum atomic E-state index is 12.7. The third kappa shape index (κ3) is 6.21. The molecule has 0 unspecified atom stereocenters. The lowest BCUT2D eigenvalue weighted by atomic mass is 9.85. The number of ether oxygens (including phenoxy) is 1. The van der Waals surface area contributed by atoms with E-state index < -0.39 is 5.97 Å². The van der Waals surface area contributed by atoms with Gasteiger partial charge < -0.3 is 20.1 Å². The molecule has 9 heteroatoms. The number of hydrogen-bond donors (Lipinski definition) is 3. The molecule has 1 aromatic heterocycles. The Bertz CT molecular complexity index is 1010. The van der Waals surface area contributed by atoms with E-state index in [0.29, 0.717) is 43.9 Å². The number of carbonyl (C=O) groups excluding carboxylic acids is 2. The minimum atomic E-state index is -0.769. The van der Waals surface area contributed by atoms with Crippen LogP contribution in [-0.4, -0.2) is 45.7 Å². The molecule has 2 aromatic rings. The molecule has 1 saturated carbocycles. The number of aliphatic carboxylic acids is 1. The summed E-state index contributed by atoms with van der Waals surface area (Å²) in [5, 5.41) is 14.4. The first-order valence-corrected chi connectivity index (χ1v) is 11.2. The van der Waals surface area contributed by atoms with E-state index in [1.807, 2.05) is 18.2 Å². The number of aromatic nitrogens is 1. The molecule has 3 amide bonds. The minimum Gasteiger partial charge on any atom is -0.481 e. The number of benzene rings is 1. The molecule has 2 heterocycles. The highest BCUT2D eigenvalue weighted by atomic mass is 16.6. The van der Waals surface area contributed by atoms with Gasteiger partial charge in [0.15, 0.2) is 0 Å². The second-order valence-electron chi connectivity index (χ2n) is 8.57. The summed E-state index contributed by atoms with van der Waals surface area (Å²) in [6, 6.07) is 10.6. The van der Waals surface area contributed by atoms with E-state index in [0.717, 1.165) is 24.0 Å². The van der Waals surface area contributed by atoms with Crippen LogP contribution in [0.4, 0.5) is 21.1 Å². The summed E-state index contributed by atoms with van der Waals surface area (Å²) < 4.78 is 5.70. The summed E-state index contributed by atoms with van der Waals surface area (Å²) in [4.78, 5) is 41.5. The van der Waals surface area contributed by atoms with Crippen LogP contribution in [0.15, 0.2) is 42.6 Å². The number of nitrogens with zero attached hydrogens (tertiary/aromatic N) is 2. The maximum Gasteiger partial charge on any atom is 0.410 e. The molecule has 0 bridgehead atoms. The predicted molar refractivity (Wildman–Crippen MR) is 122 cm³/mol. The molecule has 3 N–H and O–H groups in total. The Morgan fingerprint density at radius 3 is 2.61 bits per heavy atom. The lowest BCUT2D eigenvalue weighted by Gasteiger charge is -2.32. The fraction of sp³-hybridized carbons (Fsp3) is 0.417. The lowest BCUT2D eigenvalue weighted by molar-refractivity contribution is -0.138. The zero-order valence-corrected chi connectivity index (χ0v) is 18.3. The average Bonchev–Trinajstić information content (AvgIpc) is 2.80. The summed E-state index contributed by atoms with van der Waals surface area (Å²) in [6.45, 7) is 1.01. The first-order valence-electron chi connectivity index (χ1n) is 11.2. The Balaban J connectivity index is 1.27. The van der Waals surface area contributed by atoms with Crippen molar-refractivity contribution in [2.24, 2.45) is 5.92 Å². The minimum absolute atomic E-state index is 0.145. The van der Waals surface area contributed by atoms with Crippen LogP contribution in [0.3, 0.4) is 0 Å². The van der Waals surface area contributed by atoms with E-state index in [-0.39, 0.29) is 30.6 Å². The Morgan fingerprint density at radius 2 is 1.88 bits per heavy atom. The molecule has 9 nitrogen and oxygen atoms in total. The quantitative estimate of drug-likeness (QED) is 0.624. The number of hydrogen-bond acceptors (Lipinski definition) is 5. The van der Waals surface area contributed by atoms with Crippen LogP contribution in [0, 0.1) is 5.92 Å². The van der Waals surface area contributed by atoms with Crippen molar-refractivity contribution < 1.29 is 24.2 Å². The van der Waals surface area contributed by atoms with E-state index in [1.165, 1.54) is 0 Å². The number of carboxylic acids is 1. The van der Waals surface area contributed by atoms with Gasteiger partial charge in [0.2, 0.25) is 0 Å². The van der Waals surface area contributed by atoms with E-state index in [1.54, 1.807) is 29.3 Å². The number of amides is 3. The summed E-state index contributed by atoms with van der Waals surface area (Å²) in [5.74, 6) is -0.125. The number of carboxylic acid groups (broad SMARTS) is 1. The normalized spacial score (nSPS) is 19.8.